The van der Waals surface area contributed by atoms with Crippen LogP contribution < -0.4 is 10.1 Å². The zero-order chi connectivity index (χ0) is 19.1. The molecule has 1 amide bonds. The van der Waals surface area contributed by atoms with E-state index in [-0.39, 0.29) is 5.91 Å². The molecule has 0 bridgehead atoms. The molecule has 1 aromatic carbocycles. The second kappa shape index (κ2) is 6.63. The Morgan fingerprint density at radius 1 is 1.35 bits per heavy atom. The van der Waals surface area contributed by atoms with Crippen LogP contribution >= 0.6 is 0 Å². The van der Waals surface area contributed by atoms with Crippen molar-refractivity contribution in [3.63, 3.8) is 0 Å². The quantitative estimate of drug-likeness (QED) is 0.871. The summed E-state index contributed by atoms with van der Waals surface area (Å²) < 4.78 is 8.02. The third-order valence-corrected chi connectivity index (χ3v) is 5.44. The smallest absolute Gasteiger partial charge is 0.263 e. The summed E-state index contributed by atoms with van der Waals surface area (Å²) in [5.74, 6) is 1.74. The molecular weight excluding hydrogens is 332 g/mol. The molecule has 26 heavy (non-hydrogen) atoms. The molecule has 0 radical (unpaired) electrons. The summed E-state index contributed by atoms with van der Waals surface area (Å²) >= 11 is 0. The number of phenols is 1. The number of ether oxygens (including phenoxy) is 1. The third-order valence-electron chi connectivity index (χ3n) is 5.44. The van der Waals surface area contributed by atoms with E-state index in [0.717, 1.165) is 33.8 Å². The molecule has 2 heterocycles. The summed E-state index contributed by atoms with van der Waals surface area (Å²) in [5, 5.41) is 21.1. The number of aromatic hydroxyl groups is 1. The number of aromatic nitrogens is 3. The van der Waals surface area contributed by atoms with Gasteiger partial charge in [-0.2, -0.15) is 0 Å². The van der Waals surface area contributed by atoms with Crippen molar-refractivity contribution in [2.75, 3.05) is 6.54 Å². The molecule has 2 aromatic rings. The van der Waals surface area contributed by atoms with E-state index < -0.39 is 5.60 Å². The Bertz CT molecular complexity index is 859. The highest BCUT2D eigenvalue weighted by Gasteiger charge is 2.40. The predicted octanol–water partition coefficient (Wildman–Crippen LogP) is 1.89. The average molecular weight is 358 g/mol. The van der Waals surface area contributed by atoms with Crippen molar-refractivity contribution < 1.29 is 14.6 Å². The summed E-state index contributed by atoms with van der Waals surface area (Å²) in [7, 11) is 1.88. The third kappa shape index (κ3) is 3.02. The molecule has 0 saturated heterocycles. The zero-order valence-corrected chi connectivity index (χ0v) is 16.0. The number of fused-ring (bicyclic) bond motifs is 1. The van der Waals surface area contributed by atoms with Crippen LogP contribution in [-0.2, 0) is 24.7 Å². The molecule has 140 valence electrons. The number of hydrogen-bond acceptors (Lipinski definition) is 5. The Morgan fingerprint density at radius 2 is 2.08 bits per heavy atom. The van der Waals surface area contributed by atoms with Crippen molar-refractivity contribution in [3.8, 4) is 11.5 Å². The molecule has 7 nitrogen and oxygen atoms in total. The normalized spacial score (nSPS) is 19.0. The number of hydrogen-bond donors (Lipinski definition) is 2. The van der Waals surface area contributed by atoms with E-state index in [4.69, 9.17) is 4.74 Å². The van der Waals surface area contributed by atoms with Crippen molar-refractivity contribution in [1.29, 1.82) is 0 Å². The van der Waals surface area contributed by atoms with Crippen molar-refractivity contribution in [2.24, 2.45) is 7.05 Å². The monoisotopic (exact) mass is 358 g/mol. The summed E-state index contributed by atoms with van der Waals surface area (Å²) in [5.41, 5.74) is 2.60. The molecule has 0 aliphatic carbocycles. The van der Waals surface area contributed by atoms with Crippen LogP contribution in [0.25, 0.3) is 0 Å². The van der Waals surface area contributed by atoms with Gasteiger partial charge in [-0.25, -0.2) is 0 Å². The first-order valence-electron chi connectivity index (χ1n) is 8.86. The minimum absolute atomic E-state index is 0.131. The summed E-state index contributed by atoms with van der Waals surface area (Å²) in [6, 6.07) is 0. The van der Waals surface area contributed by atoms with E-state index in [1.54, 1.807) is 6.33 Å². The first-order valence-corrected chi connectivity index (χ1v) is 8.86. The first kappa shape index (κ1) is 18.2. The minimum Gasteiger partial charge on any atom is -0.507 e. The van der Waals surface area contributed by atoms with E-state index in [1.165, 1.54) is 0 Å². The number of benzene rings is 1. The molecule has 0 spiro atoms. The Kier molecular flexibility index (Phi) is 4.64. The SMILES string of the molecule is Cc1c(C)c2c(c(C)c1O)CC[C@](C)(C(=O)NCCc1nncn1C)O2. The Labute approximate surface area is 153 Å². The number of phenolic OH excluding ortho intramolecular Hbond substituents is 1. The number of rotatable bonds is 4. The van der Waals surface area contributed by atoms with E-state index >= 15 is 0 Å². The lowest BCUT2D eigenvalue weighted by Crippen LogP contribution is -2.51. The predicted molar refractivity (Wildman–Crippen MR) is 97.4 cm³/mol. The molecule has 2 N–H and O–H groups in total. The van der Waals surface area contributed by atoms with Gasteiger partial charge in [0.05, 0.1) is 0 Å². The van der Waals surface area contributed by atoms with Crippen molar-refractivity contribution in [1.82, 2.24) is 20.1 Å². The fourth-order valence-electron chi connectivity index (χ4n) is 3.42. The van der Waals surface area contributed by atoms with Gasteiger partial charge in [-0.05, 0) is 50.8 Å². The highest BCUT2D eigenvalue weighted by Crippen LogP contribution is 2.43. The Morgan fingerprint density at radius 3 is 2.73 bits per heavy atom. The van der Waals surface area contributed by atoms with Crippen molar-refractivity contribution in [2.45, 2.75) is 52.6 Å². The van der Waals surface area contributed by atoms with Crippen LogP contribution in [0.3, 0.4) is 0 Å². The topological polar surface area (TPSA) is 89.3 Å². The Balaban J connectivity index is 1.73. The summed E-state index contributed by atoms with van der Waals surface area (Å²) in [6.07, 6.45) is 3.52. The fraction of sp³-hybridized carbons (Fsp3) is 0.526. The van der Waals surface area contributed by atoms with E-state index in [2.05, 4.69) is 15.5 Å². The molecule has 0 saturated carbocycles. The maximum atomic E-state index is 12.8. The highest BCUT2D eigenvalue weighted by atomic mass is 16.5. The van der Waals surface area contributed by atoms with Crippen LogP contribution in [0.4, 0.5) is 0 Å². The lowest BCUT2D eigenvalue weighted by atomic mass is 9.86. The van der Waals surface area contributed by atoms with Crippen molar-refractivity contribution >= 4 is 5.91 Å². The molecule has 7 heteroatoms. The minimum atomic E-state index is -0.923. The van der Waals surface area contributed by atoms with Gasteiger partial charge in [0.25, 0.3) is 5.91 Å². The van der Waals surface area contributed by atoms with Gasteiger partial charge in [0.15, 0.2) is 5.60 Å². The molecule has 1 aliphatic rings. The first-order chi connectivity index (χ1) is 12.2. The van der Waals surface area contributed by atoms with Crippen LogP contribution in [-0.4, -0.2) is 37.9 Å². The zero-order valence-electron chi connectivity index (χ0n) is 16.0. The van der Waals surface area contributed by atoms with E-state index in [9.17, 15) is 9.90 Å². The maximum absolute atomic E-state index is 12.8. The molecule has 1 aliphatic heterocycles. The second-order valence-electron chi connectivity index (χ2n) is 7.23. The molecule has 0 unspecified atom stereocenters. The van der Waals surface area contributed by atoms with Crippen LogP contribution in [0.2, 0.25) is 0 Å². The van der Waals surface area contributed by atoms with Crippen LogP contribution in [0.15, 0.2) is 6.33 Å². The van der Waals surface area contributed by atoms with Gasteiger partial charge in [-0.1, -0.05) is 0 Å². The van der Waals surface area contributed by atoms with Gasteiger partial charge in [0.2, 0.25) is 0 Å². The largest absolute Gasteiger partial charge is 0.507 e. The maximum Gasteiger partial charge on any atom is 0.263 e. The highest BCUT2D eigenvalue weighted by molar-refractivity contribution is 5.85. The number of nitrogens with one attached hydrogen (secondary N) is 1. The van der Waals surface area contributed by atoms with Crippen LogP contribution in [0.5, 0.6) is 11.5 Å². The van der Waals surface area contributed by atoms with Crippen LogP contribution in [0.1, 0.15) is 41.4 Å². The number of carbonyl (C=O) groups excluding carboxylic acids is 1. The van der Waals surface area contributed by atoms with Crippen LogP contribution in [0, 0.1) is 20.8 Å². The number of carbonyl (C=O) groups is 1. The van der Waals surface area contributed by atoms with Gasteiger partial charge in [-0.15, -0.1) is 10.2 Å². The van der Waals surface area contributed by atoms with Gasteiger partial charge < -0.3 is 19.7 Å². The lowest BCUT2D eigenvalue weighted by molar-refractivity contribution is -0.136. The average Bonchev–Trinajstić information content (AvgIpc) is 3.03. The number of amides is 1. The number of aryl methyl sites for hydroxylation is 1. The second-order valence-corrected chi connectivity index (χ2v) is 7.23. The van der Waals surface area contributed by atoms with E-state index in [0.29, 0.717) is 31.6 Å². The van der Waals surface area contributed by atoms with Gasteiger partial charge in [-0.3, -0.25) is 4.79 Å². The molecule has 0 fully saturated rings. The number of nitrogens with zero attached hydrogens (tertiary/aromatic N) is 3. The summed E-state index contributed by atoms with van der Waals surface area (Å²) in [4.78, 5) is 12.8. The van der Waals surface area contributed by atoms with Gasteiger partial charge in [0, 0.05) is 32.0 Å². The standard InChI is InChI=1S/C19H26N4O3/c1-11-12(2)17-14(13(3)16(11)24)6-8-19(4,26-17)18(25)20-9-7-15-22-21-10-23(15)5/h10,24H,6-9H2,1-5H3,(H,20,25)/t19-/m1/s1. The Hall–Kier alpha value is -2.57. The molecular formula is C19H26N4O3. The van der Waals surface area contributed by atoms with Crippen molar-refractivity contribution in [3.05, 3.63) is 34.4 Å². The summed E-state index contributed by atoms with van der Waals surface area (Å²) in [6.45, 7) is 7.99. The van der Waals surface area contributed by atoms with Gasteiger partial charge >= 0.3 is 0 Å². The molecule has 1 aromatic heterocycles. The van der Waals surface area contributed by atoms with E-state index in [1.807, 2.05) is 39.3 Å². The molecule has 3 rings (SSSR count). The fourth-order valence-corrected chi connectivity index (χ4v) is 3.42. The molecule has 1 atom stereocenters. The lowest BCUT2D eigenvalue weighted by Gasteiger charge is -2.36. The van der Waals surface area contributed by atoms with Gasteiger partial charge in [0.1, 0.15) is 23.7 Å².